The molecule has 2 N–H and O–H groups in total. The van der Waals surface area contributed by atoms with Gasteiger partial charge in [-0.3, -0.25) is 9.69 Å². The smallest absolute Gasteiger partial charge is 0.243 e. The number of primary amides is 1. The molecule has 2 rings (SSSR count). The van der Waals surface area contributed by atoms with E-state index in [1.54, 1.807) is 0 Å². The van der Waals surface area contributed by atoms with Crippen molar-refractivity contribution >= 4 is 5.91 Å². The topological polar surface area (TPSA) is 55.6 Å². The van der Waals surface area contributed by atoms with E-state index in [1.165, 1.54) is 11.1 Å². The first-order valence-electron chi connectivity index (χ1n) is 7.40. The predicted octanol–water partition coefficient (Wildman–Crippen LogP) is 2.19. The first-order valence-corrected chi connectivity index (χ1v) is 7.40. The van der Waals surface area contributed by atoms with Gasteiger partial charge in [0.05, 0.1) is 6.61 Å². The second-order valence-corrected chi connectivity index (χ2v) is 5.20. The Bertz CT molecular complexity index is 516. The molecule has 0 spiro atoms. The van der Waals surface area contributed by atoms with Crippen LogP contribution >= 0.6 is 0 Å². The van der Waals surface area contributed by atoms with E-state index in [-0.39, 0.29) is 6.61 Å². The highest BCUT2D eigenvalue weighted by atomic mass is 16.5. The maximum absolute atomic E-state index is 10.7. The van der Waals surface area contributed by atoms with Gasteiger partial charge in [0, 0.05) is 19.6 Å². The molecule has 0 fully saturated rings. The van der Waals surface area contributed by atoms with Crippen molar-refractivity contribution in [2.24, 2.45) is 5.73 Å². The lowest BCUT2D eigenvalue weighted by Gasteiger charge is -2.22. The Morgan fingerprint density at radius 2 is 1.41 bits per heavy atom. The van der Waals surface area contributed by atoms with E-state index in [9.17, 15) is 4.79 Å². The third-order valence-corrected chi connectivity index (χ3v) is 3.29. The number of hydrogen-bond donors (Lipinski definition) is 1. The number of carbonyl (C=O) groups is 1. The predicted molar refractivity (Wildman–Crippen MR) is 87.0 cm³/mol. The molecule has 22 heavy (non-hydrogen) atoms. The number of rotatable bonds is 9. The number of ether oxygens (including phenoxy) is 1. The summed E-state index contributed by atoms with van der Waals surface area (Å²) in [4.78, 5) is 13.0. The van der Waals surface area contributed by atoms with Gasteiger partial charge < -0.3 is 10.5 Å². The van der Waals surface area contributed by atoms with Gasteiger partial charge in [0.15, 0.2) is 0 Å². The summed E-state index contributed by atoms with van der Waals surface area (Å²) in [5.74, 6) is -0.433. The zero-order valence-electron chi connectivity index (χ0n) is 12.7. The maximum atomic E-state index is 10.7. The summed E-state index contributed by atoms with van der Waals surface area (Å²) in [5, 5.41) is 0. The average Bonchev–Trinajstić information content (AvgIpc) is 2.53. The summed E-state index contributed by atoms with van der Waals surface area (Å²) in [7, 11) is 0. The fraction of sp³-hybridized carbons (Fsp3) is 0.278. The Kier molecular flexibility index (Phi) is 6.61. The third-order valence-electron chi connectivity index (χ3n) is 3.29. The van der Waals surface area contributed by atoms with E-state index in [2.05, 4.69) is 29.2 Å². The molecule has 1 amide bonds. The summed E-state index contributed by atoms with van der Waals surface area (Å²) in [6.07, 6.45) is 0. The Morgan fingerprint density at radius 1 is 0.909 bits per heavy atom. The molecule has 0 radical (unpaired) electrons. The molecule has 0 bridgehead atoms. The largest absolute Gasteiger partial charge is 0.370 e. The van der Waals surface area contributed by atoms with Gasteiger partial charge in [-0.05, 0) is 11.1 Å². The molecule has 0 atom stereocenters. The van der Waals surface area contributed by atoms with Gasteiger partial charge in [-0.25, -0.2) is 0 Å². The van der Waals surface area contributed by atoms with Crippen LogP contribution in [0.25, 0.3) is 0 Å². The minimum Gasteiger partial charge on any atom is -0.370 e. The van der Waals surface area contributed by atoms with Crippen molar-refractivity contribution in [2.75, 3.05) is 19.8 Å². The standard InChI is InChI=1S/C18H22N2O2/c19-18(21)15-22-12-11-20(13-16-7-3-1-4-8-16)14-17-9-5-2-6-10-17/h1-10H,11-15H2,(H2,19,21). The van der Waals surface area contributed by atoms with E-state index in [0.717, 1.165) is 19.6 Å². The Hall–Kier alpha value is -2.17. The summed E-state index contributed by atoms with van der Waals surface area (Å²) < 4.78 is 5.28. The maximum Gasteiger partial charge on any atom is 0.243 e. The lowest BCUT2D eigenvalue weighted by Crippen LogP contribution is -2.28. The zero-order chi connectivity index (χ0) is 15.6. The van der Waals surface area contributed by atoms with E-state index in [4.69, 9.17) is 10.5 Å². The lowest BCUT2D eigenvalue weighted by atomic mass is 10.1. The van der Waals surface area contributed by atoms with Gasteiger partial charge in [0.2, 0.25) is 5.91 Å². The monoisotopic (exact) mass is 298 g/mol. The van der Waals surface area contributed by atoms with Crippen LogP contribution in [0.3, 0.4) is 0 Å². The van der Waals surface area contributed by atoms with E-state index in [0.29, 0.717) is 6.61 Å². The van der Waals surface area contributed by atoms with Crippen molar-refractivity contribution in [2.45, 2.75) is 13.1 Å². The number of benzene rings is 2. The van der Waals surface area contributed by atoms with Crippen LogP contribution in [0.4, 0.5) is 0 Å². The highest BCUT2D eigenvalue weighted by Gasteiger charge is 2.07. The highest BCUT2D eigenvalue weighted by molar-refractivity contribution is 5.74. The van der Waals surface area contributed by atoms with Gasteiger partial charge in [-0.2, -0.15) is 0 Å². The van der Waals surface area contributed by atoms with Crippen molar-refractivity contribution in [3.05, 3.63) is 71.8 Å². The van der Waals surface area contributed by atoms with Crippen molar-refractivity contribution in [1.29, 1.82) is 0 Å². The summed E-state index contributed by atoms with van der Waals surface area (Å²) in [5.41, 5.74) is 7.59. The van der Waals surface area contributed by atoms with Crippen molar-refractivity contribution in [1.82, 2.24) is 4.90 Å². The van der Waals surface area contributed by atoms with Crippen LogP contribution in [0.15, 0.2) is 60.7 Å². The van der Waals surface area contributed by atoms with E-state index >= 15 is 0 Å². The summed E-state index contributed by atoms with van der Waals surface area (Å²) in [6, 6.07) is 20.6. The first kappa shape index (κ1) is 16.2. The van der Waals surface area contributed by atoms with Crippen LogP contribution in [0.5, 0.6) is 0 Å². The molecule has 0 saturated heterocycles. The highest BCUT2D eigenvalue weighted by Crippen LogP contribution is 2.09. The molecular weight excluding hydrogens is 276 g/mol. The Morgan fingerprint density at radius 3 is 1.86 bits per heavy atom. The minimum absolute atomic E-state index is 0.0233. The Balaban J connectivity index is 1.92. The van der Waals surface area contributed by atoms with Gasteiger partial charge >= 0.3 is 0 Å². The number of nitrogens with zero attached hydrogens (tertiary/aromatic N) is 1. The SMILES string of the molecule is NC(=O)COCCN(Cc1ccccc1)Cc1ccccc1. The number of carbonyl (C=O) groups excluding carboxylic acids is 1. The Labute approximate surface area is 131 Å². The van der Waals surface area contributed by atoms with Crippen LogP contribution in [0.2, 0.25) is 0 Å². The van der Waals surface area contributed by atoms with E-state index < -0.39 is 5.91 Å². The third kappa shape index (κ3) is 6.08. The van der Waals surface area contributed by atoms with Crippen molar-refractivity contribution in [3.8, 4) is 0 Å². The van der Waals surface area contributed by atoms with Crippen molar-refractivity contribution in [3.63, 3.8) is 0 Å². The normalized spacial score (nSPS) is 10.8. The van der Waals surface area contributed by atoms with Gasteiger partial charge in [0.1, 0.15) is 6.61 Å². The molecular formula is C18H22N2O2. The van der Waals surface area contributed by atoms with Gasteiger partial charge in [0.25, 0.3) is 0 Å². The fourth-order valence-corrected chi connectivity index (χ4v) is 2.26. The average molecular weight is 298 g/mol. The molecule has 2 aromatic rings. The molecule has 4 nitrogen and oxygen atoms in total. The summed E-state index contributed by atoms with van der Waals surface area (Å²) >= 11 is 0. The van der Waals surface area contributed by atoms with Gasteiger partial charge in [-0.15, -0.1) is 0 Å². The molecule has 0 aromatic heterocycles. The lowest BCUT2D eigenvalue weighted by molar-refractivity contribution is -0.122. The second-order valence-electron chi connectivity index (χ2n) is 5.20. The van der Waals surface area contributed by atoms with Gasteiger partial charge in [-0.1, -0.05) is 60.7 Å². The number of hydrogen-bond acceptors (Lipinski definition) is 3. The molecule has 4 heteroatoms. The van der Waals surface area contributed by atoms with E-state index in [1.807, 2.05) is 36.4 Å². The van der Waals surface area contributed by atoms with Crippen molar-refractivity contribution < 1.29 is 9.53 Å². The summed E-state index contributed by atoms with van der Waals surface area (Å²) in [6.45, 7) is 2.90. The van der Waals surface area contributed by atoms with Crippen LogP contribution in [-0.4, -0.2) is 30.6 Å². The fourth-order valence-electron chi connectivity index (χ4n) is 2.26. The van der Waals surface area contributed by atoms with Crippen LogP contribution in [0.1, 0.15) is 11.1 Å². The van der Waals surface area contributed by atoms with Crippen LogP contribution in [-0.2, 0) is 22.6 Å². The molecule has 0 unspecified atom stereocenters. The van der Waals surface area contributed by atoms with Crippen LogP contribution in [0, 0.1) is 0 Å². The quantitative estimate of drug-likeness (QED) is 0.722. The molecule has 116 valence electrons. The molecule has 0 saturated carbocycles. The molecule has 2 aromatic carbocycles. The number of nitrogens with two attached hydrogens (primary N) is 1. The molecule has 0 heterocycles. The molecule has 0 aliphatic rings. The van der Waals surface area contributed by atoms with Crippen LogP contribution < -0.4 is 5.73 Å². The first-order chi connectivity index (χ1) is 10.7. The minimum atomic E-state index is -0.433. The molecule has 0 aliphatic heterocycles. The molecule has 0 aliphatic carbocycles. The zero-order valence-corrected chi connectivity index (χ0v) is 12.7. The second kappa shape index (κ2) is 8.97. The number of amides is 1.